The van der Waals surface area contributed by atoms with Gasteiger partial charge in [0.15, 0.2) is 0 Å². The Hall–Kier alpha value is -0.290. The van der Waals surface area contributed by atoms with Crippen LogP contribution in [0.2, 0.25) is 0 Å². The molecule has 0 bridgehead atoms. The highest BCUT2D eigenvalue weighted by atomic mass is 19.4. The summed E-state index contributed by atoms with van der Waals surface area (Å²) >= 11 is 0. The van der Waals surface area contributed by atoms with Gasteiger partial charge in [-0.05, 0) is 13.3 Å². The van der Waals surface area contributed by atoms with Crippen molar-refractivity contribution in [1.82, 2.24) is 0 Å². The Kier molecular flexibility index (Phi) is 4.70. The molecule has 0 aromatic carbocycles. The van der Waals surface area contributed by atoms with E-state index in [0.29, 0.717) is 6.42 Å². The smallest absolute Gasteiger partial charge is 0.379 e. The molecule has 2 nitrogen and oxygen atoms in total. The van der Waals surface area contributed by atoms with E-state index in [1.54, 1.807) is 6.92 Å². The summed E-state index contributed by atoms with van der Waals surface area (Å²) < 4.78 is 39.8. The maximum Gasteiger partial charge on any atom is 0.391 e. The fraction of sp³-hybridized carbons (Fsp3) is 1.00. The number of hydrogen-bond donors (Lipinski definition) is 1. The molecule has 0 aromatic rings. The Balaban J connectivity index is 3.47. The second-order valence-electron chi connectivity index (χ2n) is 3.43. The highest BCUT2D eigenvalue weighted by Crippen LogP contribution is 2.19. The van der Waals surface area contributed by atoms with Crippen molar-refractivity contribution in [2.24, 2.45) is 5.73 Å². The van der Waals surface area contributed by atoms with Crippen LogP contribution in [0.5, 0.6) is 0 Å². The first-order chi connectivity index (χ1) is 5.77. The second kappa shape index (κ2) is 4.81. The van der Waals surface area contributed by atoms with E-state index in [1.165, 1.54) is 0 Å². The number of alkyl halides is 3. The highest BCUT2D eigenvalue weighted by Gasteiger charge is 2.27. The SMILES string of the molecule is CCC(C)(N)COCCC(F)(F)F. The fourth-order valence-corrected chi connectivity index (χ4v) is 0.595. The van der Waals surface area contributed by atoms with Gasteiger partial charge in [0.2, 0.25) is 0 Å². The van der Waals surface area contributed by atoms with Gasteiger partial charge < -0.3 is 10.5 Å². The Bertz CT molecular complexity index is 145. The average molecular weight is 199 g/mol. The summed E-state index contributed by atoms with van der Waals surface area (Å²) in [5.74, 6) is 0. The van der Waals surface area contributed by atoms with Crippen LogP contribution in [0.25, 0.3) is 0 Å². The summed E-state index contributed by atoms with van der Waals surface area (Å²) in [5.41, 5.74) is 5.14. The predicted molar refractivity (Wildman–Crippen MR) is 44.4 cm³/mol. The highest BCUT2D eigenvalue weighted by molar-refractivity contribution is 4.75. The zero-order chi connectivity index (χ0) is 10.5. The standard InChI is InChI=1S/C8H16F3NO/c1-3-7(2,12)6-13-5-4-8(9,10)11/h3-6,12H2,1-2H3. The molecule has 2 N–H and O–H groups in total. The first-order valence-corrected chi connectivity index (χ1v) is 4.20. The van der Waals surface area contributed by atoms with Crippen LogP contribution in [-0.2, 0) is 4.74 Å². The maximum atomic E-state index is 11.6. The summed E-state index contributed by atoms with van der Waals surface area (Å²) in [4.78, 5) is 0. The molecule has 0 saturated carbocycles. The minimum atomic E-state index is -4.14. The van der Waals surface area contributed by atoms with Gasteiger partial charge in [0, 0.05) is 5.54 Å². The molecule has 13 heavy (non-hydrogen) atoms. The number of halogens is 3. The van der Waals surface area contributed by atoms with Crippen molar-refractivity contribution in [3.8, 4) is 0 Å². The fourth-order valence-electron chi connectivity index (χ4n) is 0.595. The number of ether oxygens (including phenoxy) is 1. The lowest BCUT2D eigenvalue weighted by Crippen LogP contribution is -2.40. The lowest BCUT2D eigenvalue weighted by molar-refractivity contribution is -0.146. The third kappa shape index (κ3) is 8.05. The van der Waals surface area contributed by atoms with Crippen molar-refractivity contribution in [2.75, 3.05) is 13.2 Å². The van der Waals surface area contributed by atoms with Crippen molar-refractivity contribution < 1.29 is 17.9 Å². The number of hydrogen-bond acceptors (Lipinski definition) is 2. The van der Waals surface area contributed by atoms with Crippen LogP contribution < -0.4 is 5.73 Å². The molecule has 0 fully saturated rings. The van der Waals surface area contributed by atoms with Gasteiger partial charge in [-0.2, -0.15) is 13.2 Å². The van der Waals surface area contributed by atoms with Crippen LogP contribution >= 0.6 is 0 Å². The molecule has 1 unspecified atom stereocenters. The largest absolute Gasteiger partial charge is 0.391 e. The maximum absolute atomic E-state index is 11.6. The molecule has 0 spiro atoms. The van der Waals surface area contributed by atoms with Gasteiger partial charge in [0.1, 0.15) is 0 Å². The van der Waals surface area contributed by atoms with Gasteiger partial charge >= 0.3 is 6.18 Å². The van der Waals surface area contributed by atoms with E-state index in [1.807, 2.05) is 6.92 Å². The summed E-state index contributed by atoms with van der Waals surface area (Å²) in [6.07, 6.45) is -4.37. The van der Waals surface area contributed by atoms with Gasteiger partial charge in [-0.1, -0.05) is 6.92 Å². The van der Waals surface area contributed by atoms with Crippen molar-refractivity contribution in [3.05, 3.63) is 0 Å². The van der Waals surface area contributed by atoms with Gasteiger partial charge in [-0.25, -0.2) is 0 Å². The molecule has 0 aliphatic rings. The molecule has 0 heterocycles. The Labute approximate surface area is 76.2 Å². The van der Waals surface area contributed by atoms with Crippen molar-refractivity contribution in [2.45, 2.75) is 38.4 Å². The first-order valence-electron chi connectivity index (χ1n) is 4.20. The molecule has 0 rings (SSSR count). The lowest BCUT2D eigenvalue weighted by atomic mass is 10.0. The summed E-state index contributed by atoms with van der Waals surface area (Å²) in [5, 5.41) is 0. The number of nitrogens with two attached hydrogens (primary N) is 1. The molecule has 80 valence electrons. The molecule has 0 aliphatic carbocycles. The molecular formula is C8H16F3NO. The normalized spacial score (nSPS) is 17.1. The molecular weight excluding hydrogens is 183 g/mol. The quantitative estimate of drug-likeness (QED) is 0.688. The van der Waals surface area contributed by atoms with E-state index in [0.717, 1.165) is 0 Å². The minimum Gasteiger partial charge on any atom is -0.379 e. The summed E-state index contributed by atoms with van der Waals surface area (Å²) in [7, 11) is 0. The van der Waals surface area contributed by atoms with Crippen LogP contribution in [-0.4, -0.2) is 24.9 Å². The van der Waals surface area contributed by atoms with Crippen LogP contribution in [0.1, 0.15) is 26.7 Å². The predicted octanol–water partition coefficient (Wildman–Crippen LogP) is 2.08. The van der Waals surface area contributed by atoms with E-state index in [-0.39, 0.29) is 13.2 Å². The number of rotatable bonds is 5. The van der Waals surface area contributed by atoms with E-state index in [9.17, 15) is 13.2 Å². The van der Waals surface area contributed by atoms with Crippen LogP contribution in [0.3, 0.4) is 0 Å². The van der Waals surface area contributed by atoms with Crippen molar-refractivity contribution in [1.29, 1.82) is 0 Å². The van der Waals surface area contributed by atoms with Gasteiger partial charge in [0.05, 0.1) is 19.6 Å². The molecule has 0 radical (unpaired) electrons. The molecule has 0 saturated heterocycles. The Morgan fingerprint density at radius 3 is 2.23 bits per heavy atom. The second-order valence-corrected chi connectivity index (χ2v) is 3.43. The van der Waals surface area contributed by atoms with Crippen molar-refractivity contribution >= 4 is 0 Å². The summed E-state index contributed by atoms with van der Waals surface area (Å²) in [6.45, 7) is 3.48. The molecule has 0 aliphatic heterocycles. The van der Waals surface area contributed by atoms with E-state index in [4.69, 9.17) is 10.5 Å². The first kappa shape index (κ1) is 12.7. The zero-order valence-corrected chi connectivity index (χ0v) is 7.95. The van der Waals surface area contributed by atoms with Crippen LogP contribution in [0.15, 0.2) is 0 Å². The Morgan fingerprint density at radius 2 is 1.85 bits per heavy atom. The van der Waals surface area contributed by atoms with Crippen molar-refractivity contribution in [3.63, 3.8) is 0 Å². The lowest BCUT2D eigenvalue weighted by Gasteiger charge is -2.22. The van der Waals surface area contributed by atoms with Gasteiger partial charge in [-0.15, -0.1) is 0 Å². The van der Waals surface area contributed by atoms with E-state index in [2.05, 4.69) is 0 Å². The molecule has 0 amide bonds. The molecule has 1 atom stereocenters. The summed E-state index contributed by atoms with van der Waals surface area (Å²) in [6, 6.07) is 0. The molecule has 0 aromatic heterocycles. The Morgan fingerprint density at radius 1 is 1.31 bits per heavy atom. The van der Waals surface area contributed by atoms with Gasteiger partial charge in [0.25, 0.3) is 0 Å². The zero-order valence-electron chi connectivity index (χ0n) is 7.95. The third-order valence-corrected chi connectivity index (χ3v) is 1.77. The monoisotopic (exact) mass is 199 g/mol. The van der Waals surface area contributed by atoms with E-state index >= 15 is 0 Å². The van der Waals surface area contributed by atoms with Crippen LogP contribution in [0, 0.1) is 0 Å². The van der Waals surface area contributed by atoms with E-state index < -0.39 is 18.1 Å². The minimum absolute atomic E-state index is 0.166. The van der Waals surface area contributed by atoms with Crippen LogP contribution in [0.4, 0.5) is 13.2 Å². The average Bonchev–Trinajstić information content (AvgIpc) is 1.97. The topological polar surface area (TPSA) is 35.2 Å². The van der Waals surface area contributed by atoms with Gasteiger partial charge in [-0.3, -0.25) is 0 Å². The third-order valence-electron chi connectivity index (χ3n) is 1.77. The molecule has 5 heteroatoms.